The smallest absolute Gasteiger partial charge is 0.0811 e. The van der Waals surface area contributed by atoms with Crippen LogP contribution in [0.4, 0.5) is 0 Å². The quantitative estimate of drug-likeness (QED) is 0.599. The highest BCUT2D eigenvalue weighted by atomic mass is 16.6. The van der Waals surface area contributed by atoms with Gasteiger partial charge in [-0.1, -0.05) is 13.8 Å². The van der Waals surface area contributed by atoms with E-state index >= 15 is 0 Å². The average molecular weight is 310 g/mol. The molecule has 6 unspecified atom stereocenters. The first kappa shape index (κ1) is 25.7. The van der Waals surface area contributed by atoms with Crippen LogP contribution in [0.15, 0.2) is 0 Å². The number of epoxide rings is 1. The molecule has 1 aliphatic rings. The normalized spacial score (nSPS) is 24.6. The van der Waals surface area contributed by atoms with E-state index in [0.717, 1.165) is 12.8 Å². The Morgan fingerprint density at radius 1 is 0.714 bits per heavy atom. The van der Waals surface area contributed by atoms with Crippen LogP contribution in [0.3, 0.4) is 0 Å². The summed E-state index contributed by atoms with van der Waals surface area (Å²) in [6.07, 6.45) is 1.41. The lowest BCUT2D eigenvalue weighted by Gasteiger charge is -2.03. The third-order valence-electron chi connectivity index (χ3n) is 2.89. The van der Waals surface area contributed by atoms with E-state index < -0.39 is 12.2 Å². The maximum atomic E-state index is 8.38. The summed E-state index contributed by atoms with van der Waals surface area (Å²) < 4.78 is 4.92. The third-order valence-corrected chi connectivity index (χ3v) is 2.89. The molecule has 0 aromatic heterocycles. The Morgan fingerprint density at radius 3 is 0.857 bits per heavy atom. The first-order valence-corrected chi connectivity index (χ1v) is 7.87. The van der Waals surface area contributed by atoms with Crippen LogP contribution in [-0.2, 0) is 4.74 Å². The summed E-state index contributed by atoms with van der Waals surface area (Å²) in [5, 5.41) is 33.5. The minimum absolute atomic E-state index is 0.116. The van der Waals surface area contributed by atoms with Gasteiger partial charge in [-0.05, 0) is 54.4 Å². The Hall–Kier alpha value is -0.200. The number of hydrogen-bond acceptors (Lipinski definition) is 5. The average Bonchev–Trinajstić information content (AvgIpc) is 3.04. The van der Waals surface area contributed by atoms with Gasteiger partial charge >= 0.3 is 0 Å². The van der Waals surface area contributed by atoms with Gasteiger partial charge in [-0.3, -0.25) is 0 Å². The largest absolute Gasteiger partial charge is 0.393 e. The van der Waals surface area contributed by atoms with Gasteiger partial charge < -0.3 is 25.2 Å². The summed E-state index contributed by atoms with van der Waals surface area (Å²) in [4.78, 5) is 0. The molecule has 132 valence electrons. The minimum Gasteiger partial charge on any atom is -0.393 e. The molecule has 1 rings (SSSR count). The van der Waals surface area contributed by atoms with E-state index in [1.54, 1.807) is 27.7 Å². The SMILES string of the molecule is CC(O)C(C)O.CC1OC1C.CCC(C)O.CCC(C)O. The first-order valence-electron chi connectivity index (χ1n) is 7.87. The summed E-state index contributed by atoms with van der Waals surface area (Å²) >= 11 is 0. The highest BCUT2D eigenvalue weighted by Crippen LogP contribution is 2.18. The van der Waals surface area contributed by atoms with Crippen LogP contribution in [0.5, 0.6) is 0 Å². The number of aliphatic hydroxyl groups is 4. The van der Waals surface area contributed by atoms with Crippen molar-refractivity contribution in [3.63, 3.8) is 0 Å². The molecule has 4 N–H and O–H groups in total. The van der Waals surface area contributed by atoms with Crippen molar-refractivity contribution in [2.24, 2.45) is 0 Å². The molecule has 1 saturated heterocycles. The van der Waals surface area contributed by atoms with Crippen molar-refractivity contribution >= 4 is 0 Å². The Bertz CT molecular complexity index is 168. The van der Waals surface area contributed by atoms with Crippen LogP contribution in [0.2, 0.25) is 0 Å². The topological polar surface area (TPSA) is 93.5 Å². The van der Waals surface area contributed by atoms with Crippen LogP contribution >= 0.6 is 0 Å². The van der Waals surface area contributed by atoms with Gasteiger partial charge in [-0.15, -0.1) is 0 Å². The standard InChI is InChI=1S/C4H10O2.C4H8O.2C4H10O/c1-3(5)4(2)6;1-3-4(2)5-3;2*1-3-4(2)5/h3-6H,1-2H3;3-4H,1-2H3;2*4-5H,3H2,1-2H3. The fraction of sp³-hybridized carbons (Fsp3) is 1.00. The fourth-order valence-corrected chi connectivity index (χ4v) is 0.293. The van der Waals surface area contributed by atoms with Crippen molar-refractivity contribution in [2.45, 2.75) is 105 Å². The molecular weight excluding hydrogens is 272 g/mol. The first-order chi connectivity index (χ1) is 9.49. The van der Waals surface area contributed by atoms with Crippen molar-refractivity contribution in [1.82, 2.24) is 0 Å². The van der Waals surface area contributed by atoms with Crippen LogP contribution in [0.25, 0.3) is 0 Å². The van der Waals surface area contributed by atoms with Gasteiger partial charge in [0.1, 0.15) is 0 Å². The molecule has 5 heteroatoms. The third kappa shape index (κ3) is 32.9. The molecular formula is C16H38O5. The van der Waals surface area contributed by atoms with E-state index in [0.29, 0.717) is 12.2 Å². The molecule has 21 heavy (non-hydrogen) atoms. The lowest BCUT2D eigenvalue weighted by atomic mass is 10.3. The van der Waals surface area contributed by atoms with Gasteiger partial charge in [0.2, 0.25) is 0 Å². The summed E-state index contributed by atoms with van der Waals surface area (Å²) in [7, 11) is 0. The fourth-order valence-electron chi connectivity index (χ4n) is 0.293. The molecule has 0 amide bonds. The number of ether oxygens (including phenoxy) is 1. The molecule has 0 aliphatic carbocycles. The Balaban J connectivity index is -0.000000206. The van der Waals surface area contributed by atoms with Gasteiger partial charge in [-0.2, -0.15) is 0 Å². The number of aliphatic hydroxyl groups excluding tert-OH is 4. The van der Waals surface area contributed by atoms with Gasteiger partial charge in [0.05, 0.1) is 36.6 Å². The summed E-state index contributed by atoms with van der Waals surface area (Å²) in [6.45, 7) is 14.7. The number of hydrogen-bond donors (Lipinski definition) is 4. The van der Waals surface area contributed by atoms with E-state index in [4.69, 9.17) is 25.2 Å². The Morgan fingerprint density at radius 2 is 0.857 bits per heavy atom. The van der Waals surface area contributed by atoms with Crippen molar-refractivity contribution < 1.29 is 25.2 Å². The minimum atomic E-state index is -0.593. The summed E-state index contributed by atoms with van der Waals surface area (Å²) in [5.74, 6) is 0. The molecule has 0 bridgehead atoms. The van der Waals surface area contributed by atoms with Crippen LogP contribution in [0.1, 0.15) is 68.2 Å². The van der Waals surface area contributed by atoms with Crippen molar-refractivity contribution in [2.75, 3.05) is 0 Å². The molecule has 1 aliphatic heterocycles. The Labute approximate surface area is 131 Å². The van der Waals surface area contributed by atoms with E-state index in [9.17, 15) is 0 Å². The molecule has 0 saturated carbocycles. The van der Waals surface area contributed by atoms with Gasteiger partial charge in [0.25, 0.3) is 0 Å². The monoisotopic (exact) mass is 310 g/mol. The second-order valence-electron chi connectivity index (χ2n) is 5.54. The molecule has 5 nitrogen and oxygen atoms in total. The Kier molecular flexibility index (Phi) is 19.8. The molecule has 0 aromatic carbocycles. The highest BCUT2D eigenvalue weighted by molar-refractivity contribution is 4.73. The van der Waals surface area contributed by atoms with Crippen LogP contribution < -0.4 is 0 Å². The van der Waals surface area contributed by atoms with Crippen molar-refractivity contribution in [3.8, 4) is 0 Å². The van der Waals surface area contributed by atoms with Crippen molar-refractivity contribution in [3.05, 3.63) is 0 Å². The van der Waals surface area contributed by atoms with E-state index in [2.05, 4.69) is 13.8 Å². The van der Waals surface area contributed by atoms with Gasteiger partial charge in [-0.25, -0.2) is 0 Å². The van der Waals surface area contributed by atoms with E-state index in [1.807, 2.05) is 13.8 Å². The van der Waals surface area contributed by atoms with E-state index in [-0.39, 0.29) is 12.2 Å². The zero-order chi connectivity index (χ0) is 17.6. The van der Waals surface area contributed by atoms with Gasteiger partial charge in [0.15, 0.2) is 0 Å². The molecule has 0 radical (unpaired) electrons. The van der Waals surface area contributed by atoms with Crippen LogP contribution in [0, 0.1) is 0 Å². The lowest BCUT2D eigenvalue weighted by molar-refractivity contribution is 0.0438. The predicted octanol–water partition coefficient (Wildman–Crippen LogP) is 2.10. The molecule has 1 heterocycles. The predicted molar refractivity (Wildman–Crippen MR) is 87.3 cm³/mol. The molecule has 0 aromatic rings. The summed E-state index contributed by atoms with van der Waals surface area (Å²) in [6, 6.07) is 0. The number of rotatable bonds is 3. The van der Waals surface area contributed by atoms with Gasteiger partial charge in [0, 0.05) is 0 Å². The van der Waals surface area contributed by atoms with Crippen LogP contribution in [-0.4, -0.2) is 57.0 Å². The molecule has 6 atom stereocenters. The second kappa shape index (κ2) is 16.2. The maximum Gasteiger partial charge on any atom is 0.0811 e. The zero-order valence-electron chi connectivity index (χ0n) is 15.1. The van der Waals surface area contributed by atoms with Crippen molar-refractivity contribution in [1.29, 1.82) is 0 Å². The lowest BCUT2D eigenvalue weighted by Crippen LogP contribution is -2.17. The molecule has 0 spiro atoms. The summed E-state index contributed by atoms with van der Waals surface area (Å²) in [5.41, 5.74) is 0. The van der Waals surface area contributed by atoms with E-state index in [1.165, 1.54) is 0 Å². The molecule has 1 fully saturated rings. The highest BCUT2D eigenvalue weighted by Gasteiger charge is 2.27. The zero-order valence-corrected chi connectivity index (χ0v) is 15.1. The second-order valence-corrected chi connectivity index (χ2v) is 5.54. The maximum absolute atomic E-state index is 8.38.